The fraction of sp³-hybridized carbons (Fsp3) is 0.500. The van der Waals surface area contributed by atoms with Crippen LogP contribution in [0.2, 0.25) is 0 Å². The summed E-state index contributed by atoms with van der Waals surface area (Å²) in [5.41, 5.74) is 0.925. The second-order valence-electron chi connectivity index (χ2n) is 4.98. The zero-order valence-corrected chi connectivity index (χ0v) is 10.2. The van der Waals surface area contributed by atoms with Crippen LogP contribution >= 0.6 is 0 Å². The van der Waals surface area contributed by atoms with E-state index in [9.17, 15) is 9.90 Å². The monoisotopic (exact) mass is 247 g/mol. The number of carboxylic acid groups (broad SMARTS) is 1. The average Bonchev–Trinajstić information content (AvgIpc) is 3.17. The standard InChI is InChI=1S/C14H17NO3/c16-14(17)13(10-6-7-10)15-8-3-9-18-12-5-2-1-4-11(12)15/h1-2,4-5,10,13H,3,6-9H2,(H,16,17). The molecule has 1 atom stereocenters. The van der Waals surface area contributed by atoms with Gasteiger partial charge in [-0.3, -0.25) is 0 Å². The molecule has 4 heteroatoms. The summed E-state index contributed by atoms with van der Waals surface area (Å²) in [5, 5.41) is 9.47. The molecule has 2 aliphatic rings. The lowest BCUT2D eigenvalue weighted by molar-refractivity contribution is -0.139. The van der Waals surface area contributed by atoms with Crippen LogP contribution in [-0.2, 0) is 4.79 Å². The Bertz CT molecular complexity index is 456. The van der Waals surface area contributed by atoms with Crippen molar-refractivity contribution in [1.82, 2.24) is 0 Å². The molecule has 1 saturated carbocycles. The molecule has 4 nitrogen and oxygen atoms in total. The van der Waals surface area contributed by atoms with E-state index < -0.39 is 12.0 Å². The minimum atomic E-state index is -0.714. The molecule has 18 heavy (non-hydrogen) atoms. The van der Waals surface area contributed by atoms with Crippen LogP contribution in [0.25, 0.3) is 0 Å². The van der Waals surface area contributed by atoms with Gasteiger partial charge in [-0.1, -0.05) is 12.1 Å². The Labute approximate surface area is 106 Å². The molecule has 1 aliphatic carbocycles. The first-order valence-corrected chi connectivity index (χ1v) is 6.48. The summed E-state index contributed by atoms with van der Waals surface area (Å²) in [6, 6.07) is 7.34. The zero-order valence-electron chi connectivity index (χ0n) is 10.2. The van der Waals surface area contributed by atoms with E-state index in [0.717, 1.165) is 37.2 Å². The van der Waals surface area contributed by atoms with Crippen molar-refractivity contribution in [3.8, 4) is 5.75 Å². The van der Waals surface area contributed by atoms with Crippen LogP contribution in [0.3, 0.4) is 0 Å². The topological polar surface area (TPSA) is 49.8 Å². The van der Waals surface area contributed by atoms with Gasteiger partial charge in [0.05, 0.1) is 12.3 Å². The molecule has 0 amide bonds. The second kappa shape index (κ2) is 4.52. The van der Waals surface area contributed by atoms with Crippen LogP contribution in [0.1, 0.15) is 19.3 Å². The molecule has 0 spiro atoms. The third-order valence-corrected chi connectivity index (χ3v) is 3.63. The van der Waals surface area contributed by atoms with Crippen LogP contribution in [0.5, 0.6) is 5.75 Å². The average molecular weight is 247 g/mol. The maximum atomic E-state index is 11.5. The summed E-state index contributed by atoms with van der Waals surface area (Å²) in [6.07, 6.45) is 2.91. The predicted octanol–water partition coefficient (Wildman–Crippen LogP) is 2.14. The number of benzene rings is 1. The van der Waals surface area contributed by atoms with Crippen molar-refractivity contribution >= 4 is 11.7 Å². The van der Waals surface area contributed by atoms with Crippen molar-refractivity contribution in [1.29, 1.82) is 0 Å². The van der Waals surface area contributed by atoms with Gasteiger partial charge >= 0.3 is 5.97 Å². The lowest BCUT2D eigenvalue weighted by Gasteiger charge is -2.30. The van der Waals surface area contributed by atoms with E-state index in [0.29, 0.717) is 12.5 Å². The minimum Gasteiger partial charge on any atom is -0.491 e. The first kappa shape index (κ1) is 11.4. The molecule has 1 aliphatic heterocycles. The van der Waals surface area contributed by atoms with Crippen molar-refractivity contribution in [3.05, 3.63) is 24.3 Å². The van der Waals surface area contributed by atoms with Gasteiger partial charge in [0.15, 0.2) is 0 Å². The number of para-hydroxylation sites is 2. The van der Waals surface area contributed by atoms with E-state index in [2.05, 4.69) is 0 Å². The van der Waals surface area contributed by atoms with Crippen LogP contribution in [-0.4, -0.2) is 30.3 Å². The highest BCUT2D eigenvalue weighted by Crippen LogP contribution is 2.40. The third-order valence-electron chi connectivity index (χ3n) is 3.63. The summed E-state index contributed by atoms with van der Waals surface area (Å²) in [6.45, 7) is 1.41. The molecule has 1 fully saturated rings. The molecule has 1 aromatic carbocycles. The molecular formula is C14H17NO3. The lowest BCUT2D eigenvalue weighted by atomic mass is 10.1. The zero-order chi connectivity index (χ0) is 12.5. The number of hydrogen-bond acceptors (Lipinski definition) is 3. The summed E-state index contributed by atoms with van der Waals surface area (Å²) in [5.74, 6) is 0.393. The van der Waals surface area contributed by atoms with Gasteiger partial charge in [0.1, 0.15) is 11.8 Å². The number of carbonyl (C=O) groups is 1. The number of hydrogen-bond donors (Lipinski definition) is 1. The predicted molar refractivity (Wildman–Crippen MR) is 68.0 cm³/mol. The van der Waals surface area contributed by atoms with Gasteiger partial charge in [-0.2, -0.15) is 0 Å². The van der Waals surface area contributed by atoms with Gasteiger partial charge in [0.2, 0.25) is 0 Å². The van der Waals surface area contributed by atoms with Gasteiger partial charge in [-0.15, -0.1) is 0 Å². The molecule has 1 N–H and O–H groups in total. The SMILES string of the molecule is O=C(O)C(C1CC1)N1CCCOc2ccccc21. The number of rotatable bonds is 3. The Hall–Kier alpha value is -1.71. The number of fused-ring (bicyclic) bond motifs is 1. The normalized spacial score (nSPS) is 20.6. The number of ether oxygens (including phenoxy) is 1. The fourth-order valence-electron chi connectivity index (χ4n) is 2.64. The molecule has 0 bridgehead atoms. The maximum absolute atomic E-state index is 11.5. The number of nitrogens with zero attached hydrogens (tertiary/aromatic N) is 1. The van der Waals surface area contributed by atoms with Gasteiger partial charge in [-0.05, 0) is 37.3 Å². The molecule has 1 unspecified atom stereocenters. The van der Waals surface area contributed by atoms with Crippen molar-refractivity contribution in [2.45, 2.75) is 25.3 Å². The number of carboxylic acids is 1. The van der Waals surface area contributed by atoms with Gasteiger partial charge in [-0.25, -0.2) is 4.79 Å². The van der Waals surface area contributed by atoms with E-state index in [1.807, 2.05) is 29.2 Å². The molecule has 1 aromatic rings. The van der Waals surface area contributed by atoms with Gasteiger partial charge < -0.3 is 14.7 Å². The highest BCUT2D eigenvalue weighted by molar-refractivity contribution is 5.80. The summed E-state index contributed by atoms with van der Waals surface area (Å²) >= 11 is 0. The molecular weight excluding hydrogens is 230 g/mol. The van der Waals surface area contributed by atoms with Crippen molar-refractivity contribution in [2.75, 3.05) is 18.1 Å². The number of aliphatic carboxylic acids is 1. The first-order chi connectivity index (χ1) is 8.77. The van der Waals surface area contributed by atoms with E-state index in [1.54, 1.807) is 0 Å². The fourth-order valence-corrected chi connectivity index (χ4v) is 2.64. The molecule has 0 radical (unpaired) electrons. The molecule has 0 aromatic heterocycles. The van der Waals surface area contributed by atoms with E-state index >= 15 is 0 Å². The van der Waals surface area contributed by atoms with Crippen molar-refractivity contribution in [2.24, 2.45) is 5.92 Å². The van der Waals surface area contributed by atoms with Crippen LogP contribution < -0.4 is 9.64 Å². The minimum absolute atomic E-state index is 0.300. The van der Waals surface area contributed by atoms with E-state index in [-0.39, 0.29) is 0 Å². The Morgan fingerprint density at radius 3 is 2.89 bits per heavy atom. The Morgan fingerprint density at radius 1 is 1.39 bits per heavy atom. The summed E-state index contributed by atoms with van der Waals surface area (Å²) in [7, 11) is 0. The Kier molecular flexibility index (Phi) is 2.86. The highest BCUT2D eigenvalue weighted by Gasteiger charge is 2.41. The van der Waals surface area contributed by atoms with E-state index in [4.69, 9.17) is 4.74 Å². The maximum Gasteiger partial charge on any atom is 0.326 e. The Morgan fingerprint density at radius 2 is 2.17 bits per heavy atom. The Balaban J connectivity index is 1.97. The van der Waals surface area contributed by atoms with Crippen LogP contribution in [0, 0.1) is 5.92 Å². The second-order valence-corrected chi connectivity index (χ2v) is 4.98. The van der Waals surface area contributed by atoms with E-state index in [1.165, 1.54) is 0 Å². The summed E-state index contributed by atoms with van der Waals surface area (Å²) in [4.78, 5) is 13.5. The molecule has 0 saturated heterocycles. The summed E-state index contributed by atoms with van der Waals surface area (Å²) < 4.78 is 5.67. The molecule has 1 heterocycles. The lowest BCUT2D eigenvalue weighted by Crippen LogP contribution is -2.43. The highest BCUT2D eigenvalue weighted by atomic mass is 16.5. The van der Waals surface area contributed by atoms with Crippen molar-refractivity contribution in [3.63, 3.8) is 0 Å². The van der Waals surface area contributed by atoms with Gasteiger partial charge in [0, 0.05) is 6.54 Å². The van der Waals surface area contributed by atoms with Crippen molar-refractivity contribution < 1.29 is 14.6 Å². The first-order valence-electron chi connectivity index (χ1n) is 6.48. The van der Waals surface area contributed by atoms with Crippen LogP contribution in [0.4, 0.5) is 5.69 Å². The third kappa shape index (κ3) is 2.03. The number of anilines is 1. The quantitative estimate of drug-likeness (QED) is 0.889. The molecule has 96 valence electrons. The molecule has 3 rings (SSSR count). The largest absolute Gasteiger partial charge is 0.491 e. The van der Waals surface area contributed by atoms with Gasteiger partial charge in [0.25, 0.3) is 0 Å². The van der Waals surface area contributed by atoms with Crippen LogP contribution in [0.15, 0.2) is 24.3 Å². The smallest absolute Gasteiger partial charge is 0.326 e.